The van der Waals surface area contributed by atoms with Crippen molar-refractivity contribution >= 4 is 28.8 Å². The third-order valence-electron chi connectivity index (χ3n) is 4.96. The highest BCUT2D eigenvalue weighted by Gasteiger charge is 2.22. The Kier molecular flexibility index (Phi) is 7.70. The first-order valence-electron chi connectivity index (χ1n) is 10.2. The molecule has 1 aliphatic rings. The molecule has 0 atom stereocenters. The Morgan fingerprint density at radius 1 is 1.00 bits per heavy atom. The van der Waals surface area contributed by atoms with E-state index in [1.807, 2.05) is 49.6 Å². The first kappa shape index (κ1) is 22.1. The van der Waals surface area contributed by atoms with Gasteiger partial charge in [0.25, 0.3) is 0 Å². The lowest BCUT2D eigenvalue weighted by atomic mass is 10.2. The lowest BCUT2D eigenvalue weighted by Crippen LogP contribution is -2.43. The summed E-state index contributed by atoms with van der Waals surface area (Å²) in [7, 11) is 1.80. The molecule has 0 unspecified atom stereocenters. The number of thiophene rings is 1. The average molecular weight is 432 g/mol. The van der Waals surface area contributed by atoms with Gasteiger partial charge >= 0.3 is 0 Å². The number of likely N-dealkylation sites (N-methyl/N-ethyl adjacent to an activating group) is 2. The Morgan fingerprint density at radius 3 is 2.37 bits per heavy atom. The molecular weight excluding hydrogens is 402 g/mol. The lowest BCUT2D eigenvalue weighted by Gasteiger charge is -2.28. The fourth-order valence-electron chi connectivity index (χ4n) is 3.36. The smallest absolute Gasteiger partial charge is 0.241 e. The predicted molar refractivity (Wildman–Crippen MR) is 118 cm³/mol. The highest BCUT2D eigenvalue weighted by molar-refractivity contribution is 7.09. The van der Waals surface area contributed by atoms with Gasteiger partial charge in [0, 0.05) is 29.7 Å². The summed E-state index contributed by atoms with van der Waals surface area (Å²) < 4.78 is 11.3. The van der Waals surface area contributed by atoms with E-state index in [2.05, 4.69) is 0 Å². The van der Waals surface area contributed by atoms with Crippen LogP contribution >= 0.6 is 11.3 Å². The van der Waals surface area contributed by atoms with Crippen LogP contribution in [0.1, 0.15) is 18.7 Å². The van der Waals surface area contributed by atoms with Crippen LogP contribution in [0.25, 0.3) is 0 Å². The second-order valence-corrected chi connectivity index (χ2v) is 8.16. The van der Waals surface area contributed by atoms with E-state index < -0.39 is 0 Å². The van der Waals surface area contributed by atoms with Crippen molar-refractivity contribution in [3.63, 3.8) is 0 Å². The lowest BCUT2D eigenvalue weighted by molar-refractivity contribution is -0.132. The number of carbonyl (C=O) groups excluding carboxylic acids is 2. The highest BCUT2D eigenvalue weighted by Crippen LogP contribution is 2.34. The molecule has 0 bridgehead atoms. The molecule has 2 amide bonds. The van der Waals surface area contributed by atoms with Crippen LogP contribution in [0.2, 0.25) is 0 Å². The Labute approximate surface area is 181 Å². The normalized spacial score (nSPS) is 12.7. The quantitative estimate of drug-likeness (QED) is 0.611. The second-order valence-electron chi connectivity index (χ2n) is 7.13. The van der Waals surface area contributed by atoms with Gasteiger partial charge in [0.2, 0.25) is 11.8 Å². The minimum absolute atomic E-state index is 0.0273. The van der Waals surface area contributed by atoms with Crippen LogP contribution in [-0.4, -0.2) is 68.1 Å². The molecule has 3 rings (SSSR count). The van der Waals surface area contributed by atoms with Gasteiger partial charge in [-0.25, -0.2) is 0 Å². The maximum Gasteiger partial charge on any atom is 0.241 e. The van der Waals surface area contributed by atoms with Crippen molar-refractivity contribution in [1.29, 1.82) is 0 Å². The van der Waals surface area contributed by atoms with E-state index in [9.17, 15) is 9.59 Å². The van der Waals surface area contributed by atoms with E-state index in [1.165, 1.54) is 0 Å². The number of amides is 2. The van der Waals surface area contributed by atoms with Crippen molar-refractivity contribution in [1.82, 2.24) is 9.80 Å². The molecule has 30 heavy (non-hydrogen) atoms. The Bertz CT molecular complexity index is 852. The summed E-state index contributed by atoms with van der Waals surface area (Å²) in [6, 6.07) is 9.55. The van der Waals surface area contributed by atoms with Crippen LogP contribution in [0.15, 0.2) is 35.7 Å². The van der Waals surface area contributed by atoms with E-state index in [0.717, 1.165) is 10.6 Å². The summed E-state index contributed by atoms with van der Waals surface area (Å²) in [5.74, 6) is 1.29. The summed E-state index contributed by atoms with van der Waals surface area (Å²) in [6.07, 6.45) is 0. The van der Waals surface area contributed by atoms with Crippen LogP contribution in [0.5, 0.6) is 11.5 Å². The molecule has 2 heterocycles. The molecule has 2 aromatic rings. The molecule has 1 aliphatic heterocycles. The van der Waals surface area contributed by atoms with Gasteiger partial charge < -0.3 is 19.3 Å². The van der Waals surface area contributed by atoms with Crippen LogP contribution in [0.4, 0.5) is 5.69 Å². The summed E-state index contributed by atoms with van der Waals surface area (Å²) in [5, 5.41) is 2.00. The zero-order valence-electron chi connectivity index (χ0n) is 17.8. The largest absolute Gasteiger partial charge is 0.486 e. The molecule has 0 N–H and O–H groups in total. The molecule has 1 aromatic heterocycles. The first-order valence-corrected chi connectivity index (χ1v) is 11.1. The van der Waals surface area contributed by atoms with Gasteiger partial charge in [-0.2, -0.15) is 0 Å². The molecular formula is C22H29N3O4S. The number of fused-ring (bicyclic) bond motifs is 1. The Balaban J connectivity index is 1.75. The molecule has 0 saturated heterocycles. The summed E-state index contributed by atoms with van der Waals surface area (Å²) in [4.78, 5) is 32.0. The van der Waals surface area contributed by atoms with Gasteiger partial charge in [0.05, 0.1) is 19.6 Å². The van der Waals surface area contributed by atoms with Gasteiger partial charge in [0.15, 0.2) is 11.5 Å². The number of hydrogen-bond donors (Lipinski definition) is 0. The van der Waals surface area contributed by atoms with E-state index in [4.69, 9.17) is 9.47 Å². The molecule has 0 fully saturated rings. The third-order valence-corrected chi connectivity index (χ3v) is 5.82. The molecule has 1 aromatic carbocycles. The standard InChI is InChI=1S/C22H29N3O4S/c1-4-24(5-2)21(26)15-23(3)16-22(27)25(14-18-7-6-12-30-18)17-8-9-19-20(13-17)29-11-10-28-19/h6-9,12-13H,4-5,10-11,14-16H2,1-3H3. The SMILES string of the molecule is CCN(CC)C(=O)CN(C)CC(=O)N(Cc1cccs1)c1ccc2c(c1)OCCO2. The fraction of sp³-hybridized carbons (Fsp3) is 0.455. The summed E-state index contributed by atoms with van der Waals surface area (Å²) in [5.41, 5.74) is 0.751. The van der Waals surface area contributed by atoms with E-state index >= 15 is 0 Å². The molecule has 8 heteroatoms. The zero-order chi connectivity index (χ0) is 21.5. The monoisotopic (exact) mass is 431 g/mol. The molecule has 0 saturated carbocycles. The average Bonchev–Trinajstić information content (AvgIpc) is 3.25. The molecule has 7 nitrogen and oxygen atoms in total. The van der Waals surface area contributed by atoms with Crippen molar-refractivity contribution in [2.24, 2.45) is 0 Å². The van der Waals surface area contributed by atoms with Gasteiger partial charge in [-0.05, 0) is 44.5 Å². The minimum Gasteiger partial charge on any atom is -0.486 e. The van der Waals surface area contributed by atoms with Crippen LogP contribution in [0, 0.1) is 0 Å². The number of hydrogen-bond acceptors (Lipinski definition) is 6. The van der Waals surface area contributed by atoms with Crippen LogP contribution in [0.3, 0.4) is 0 Å². The summed E-state index contributed by atoms with van der Waals surface area (Å²) in [6.45, 7) is 7.08. The molecule has 0 radical (unpaired) electrons. The number of nitrogens with zero attached hydrogens (tertiary/aromatic N) is 3. The van der Waals surface area contributed by atoms with Gasteiger partial charge in [-0.15, -0.1) is 11.3 Å². The molecule has 0 aliphatic carbocycles. The van der Waals surface area contributed by atoms with Crippen molar-refractivity contribution in [3.8, 4) is 11.5 Å². The Morgan fingerprint density at radius 2 is 1.70 bits per heavy atom. The van der Waals surface area contributed by atoms with Gasteiger partial charge in [-0.3, -0.25) is 14.5 Å². The van der Waals surface area contributed by atoms with Gasteiger partial charge in [0.1, 0.15) is 13.2 Å². The van der Waals surface area contributed by atoms with Crippen molar-refractivity contribution in [2.75, 3.05) is 51.3 Å². The number of benzene rings is 1. The minimum atomic E-state index is -0.0741. The third kappa shape index (κ3) is 5.52. The zero-order valence-corrected chi connectivity index (χ0v) is 18.6. The van der Waals surface area contributed by atoms with E-state index in [1.54, 1.807) is 33.1 Å². The number of rotatable bonds is 9. The maximum atomic E-state index is 13.2. The number of anilines is 1. The number of ether oxygens (including phenoxy) is 2. The van der Waals surface area contributed by atoms with E-state index in [0.29, 0.717) is 44.3 Å². The van der Waals surface area contributed by atoms with Crippen molar-refractivity contribution < 1.29 is 19.1 Å². The second kappa shape index (κ2) is 10.4. The predicted octanol–water partition coefficient (Wildman–Crippen LogP) is 2.85. The van der Waals surface area contributed by atoms with Crippen LogP contribution in [-0.2, 0) is 16.1 Å². The van der Waals surface area contributed by atoms with Crippen LogP contribution < -0.4 is 14.4 Å². The van der Waals surface area contributed by atoms with Crippen molar-refractivity contribution in [3.05, 3.63) is 40.6 Å². The molecule has 0 spiro atoms. The van der Waals surface area contributed by atoms with Crippen molar-refractivity contribution in [2.45, 2.75) is 20.4 Å². The highest BCUT2D eigenvalue weighted by atomic mass is 32.1. The van der Waals surface area contributed by atoms with E-state index in [-0.39, 0.29) is 24.9 Å². The fourth-order valence-corrected chi connectivity index (χ4v) is 4.05. The maximum absolute atomic E-state index is 13.2. The topological polar surface area (TPSA) is 62.3 Å². The Hall–Kier alpha value is -2.58. The summed E-state index contributed by atoms with van der Waals surface area (Å²) >= 11 is 1.61. The van der Waals surface area contributed by atoms with Gasteiger partial charge in [-0.1, -0.05) is 6.07 Å². The number of carbonyl (C=O) groups is 2. The molecule has 162 valence electrons. The first-order chi connectivity index (χ1) is 14.5.